The SMILES string of the molecule is Cn1cnnc1S(=O)(=O)Cc1cccc(F)c1. The van der Waals surface area contributed by atoms with Gasteiger partial charge in [0.15, 0.2) is 0 Å². The van der Waals surface area contributed by atoms with E-state index in [1.165, 1.54) is 29.1 Å². The topological polar surface area (TPSA) is 64.8 Å². The van der Waals surface area contributed by atoms with Gasteiger partial charge in [0.1, 0.15) is 12.1 Å². The normalized spacial score (nSPS) is 11.6. The van der Waals surface area contributed by atoms with Crippen LogP contribution in [-0.4, -0.2) is 23.2 Å². The van der Waals surface area contributed by atoms with Gasteiger partial charge in [0.25, 0.3) is 0 Å². The Morgan fingerprint density at radius 2 is 2.18 bits per heavy atom. The molecular weight excluding hydrogens is 245 g/mol. The van der Waals surface area contributed by atoms with E-state index in [2.05, 4.69) is 10.2 Å². The summed E-state index contributed by atoms with van der Waals surface area (Å²) < 4.78 is 38.1. The molecule has 5 nitrogen and oxygen atoms in total. The summed E-state index contributed by atoms with van der Waals surface area (Å²) in [6, 6.07) is 5.47. The standard InChI is InChI=1S/C10H10FN3O2S/c1-14-7-12-13-10(14)17(15,16)6-8-3-2-4-9(11)5-8/h2-5,7H,6H2,1H3. The molecule has 17 heavy (non-hydrogen) atoms. The monoisotopic (exact) mass is 255 g/mol. The quantitative estimate of drug-likeness (QED) is 0.818. The first-order valence-electron chi connectivity index (χ1n) is 4.80. The van der Waals surface area contributed by atoms with Crippen LogP contribution in [0.25, 0.3) is 0 Å². The highest BCUT2D eigenvalue weighted by Crippen LogP contribution is 2.14. The van der Waals surface area contributed by atoms with Crippen LogP contribution in [0.1, 0.15) is 5.56 Å². The molecule has 0 unspecified atom stereocenters. The maximum atomic E-state index is 12.9. The van der Waals surface area contributed by atoms with Crippen molar-refractivity contribution >= 4 is 9.84 Å². The summed E-state index contributed by atoms with van der Waals surface area (Å²) in [5.74, 6) is -0.757. The van der Waals surface area contributed by atoms with Crippen LogP contribution in [-0.2, 0) is 22.6 Å². The van der Waals surface area contributed by atoms with E-state index in [-0.39, 0.29) is 10.9 Å². The van der Waals surface area contributed by atoms with Crippen LogP contribution in [0.15, 0.2) is 35.7 Å². The van der Waals surface area contributed by atoms with E-state index < -0.39 is 15.7 Å². The average molecular weight is 255 g/mol. The van der Waals surface area contributed by atoms with Gasteiger partial charge in [-0.15, -0.1) is 10.2 Å². The number of nitrogens with zero attached hydrogens (tertiary/aromatic N) is 3. The van der Waals surface area contributed by atoms with Crippen LogP contribution in [0.3, 0.4) is 0 Å². The van der Waals surface area contributed by atoms with Crippen LogP contribution in [0, 0.1) is 5.82 Å². The van der Waals surface area contributed by atoms with E-state index in [4.69, 9.17) is 0 Å². The molecule has 0 N–H and O–H groups in total. The van der Waals surface area contributed by atoms with Gasteiger partial charge in [0.05, 0.1) is 5.75 Å². The van der Waals surface area contributed by atoms with E-state index in [1.54, 1.807) is 13.1 Å². The maximum absolute atomic E-state index is 12.9. The summed E-state index contributed by atoms with van der Waals surface area (Å²) in [5.41, 5.74) is 0.382. The number of hydrogen-bond acceptors (Lipinski definition) is 4. The number of rotatable bonds is 3. The zero-order valence-electron chi connectivity index (χ0n) is 9.04. The molecule has 0 radical (unpaired) electrons. The van der Waals surface area contributed by atoms with E-state index in [0.29, 0.717) is 5.56 Å². The third-order valence-corrected chi connectivity index (χ3v) is 3.83. The Hall–Kier alpha value is -1.76. The van der Waals surface area contributed by atoms with Crippen molar-refractivity contribution in [2.75, 3.05) is 0 Å². The molecule has 0 aliphatic heterocycles. The van der Waals surface area contributed by atoms with Gasteiger partial charge in [0, 0.05) is 7.05 Å². The maximum Gasteiger partial charge on any atom is 0.249 e. The number of aromatic nitrogens is 3. The minimum Gasteiger partial charge on any atom is -0.308 e. The molecule has 90 valence electrons. The Labute approximate surface area is 97.8 Å². The Kier molecular flexibility index (Phi) is 2.93. The average Bonchev–Trinajstić information content (AvgIpc) is 2.64. The molecular formula is C10H10FN3O2S. The van der Waals surface area contributed by atoms with Crippen molar-refractivity contribution in [1.82, 2.24) is 14.8 Å². The fourth-order valence-corrected chi connectivity index (χ4v) is 2.87. The molecule has 1 aromatic heterocycles. The Balaban J connectivity index is 2.33. The molecule has 0 saturated carbocycles. The molecule has 2 aromatic rings. The van der Waals surface area contributed by atoms with Crippen molar-refractivity contribution in [2.24, 2.45) is 7.05 Å². The molecule has 2 rings (SSSR count). The highest BCUT2D eigenvalue weighted by molar-refractivity contribution is 7.90. The van der Waals surface area contributed by atoms with Crippen molar-refractivity contribution < 1.29 is 12.8 Å². The predicted molar refractivity (Wildman–Crippen MR) is 58.3 cm³/mol. The second kappa shape index (κ2) is 4.25. The molecule has 1 aromatic carbocycles. The van der Waals surface area contributed by atoms with Gasteiger partial charge in [-0.1, -0.05) is 12.1 Å². The van der Waals surface area contributed by atoms with Gasteiger partial charge >= 0.3 is 0 Å². The lowest BCUT2D eigenvalue weighted by Crippen LogP contribution is -2.10. The largest absolute Gasteiger partial charge is 0.308 e. The van der Waals surface area contributed by atoms with Gasteiger partial charge in [0.2, 0.25) is 15.0 Å². The summed E-state index contributed by atoms with van der Waals surface area (Å²) in [6.07, 6.45) is 1.30. The van der Waals surface area contributed by atoms with Crippen LogP contribution in [0.2, 0.25) is 0 Å². The molecule has 0 aliphatic rings. The second-order valence-corrected chi connectivity index (χ2v) is 5.50. The molecule has 0 saturated heterocycles. The molecule has 0 aliphatic carbocycles. The molecule has 0 spiro atoms. The number of aryl methyl sites for hydroxylation is 1. The summed E-state index contributed by atoms with van der Waals surface area (Å²) >= 11 is 0. The van der Waals surface area contributed by atoms with Crippen molar-refractivity contribution in [3.05, 3.63) is 42.0 Å². The first kappa shape index (κ1) is 11.7. The van der Waals surface area contributed by atoms with Gasteiger partial charge in [-0.2, -0.15) is 0 Å². The first-order chi connectivity index (χ1) is 7.99. The first-order valence-corrected chi connectivity index (χ1v) is 6.45. The van der Waals surface area contributed by atoms with Gasteiger partial charge in [-0.05, 0) is 17.7 Å². The molecule has 0 atom stereocenters. The van der Waals surface area contributed by atoms with Crippen LogP contribution in [0.4, 0.5) is 4.39 Å². The van der Waals surface area contributed by atoms with Crippen molar-refractivity contribution in [2.45, 2.75) is 10.9 Å². The molecule has 1 heterocycles. The van der Waals surface area contributed by atoms with Crippen LogP contribution < -0.4 is 0 Å². The molecule has 0 amide bonds. The second-order valence-electron chi connectivity index (χ2n) is 3.61. The number of benzene rings is 1. The highest BCUT2D eigenvalue weighted by Gasteiger charge is 2.20. The predicted octanol–water partition coefficient (Wildman–Crippen LogP) is 0.928. The fraction of sp³-hybridized carbons (Fsp3) is 0.200. The Morgan fingerprint density at radius 1 is 1.41 bits per heavy atom. The third-order valence-electron chi connectivity index (χ3n) is 2.19. The molecule has 0 fully saturated rings. The molecule has 0 bridgehead atoms. The van der Waals surface area contributed by atoms with Gasteiger partial charge < -0.3 is 4.57 Å². The minimum absolute atomic E-state index is 0.123. The lowest BCUT2D eigenvalue weighted by molar-refractivity contribution is 0.577. The van der Waals surface area contributed by atoms with E-state index in [9.17, 15) is 12.8 Å². The summed E-state index contributed by atoms with van der Waals surface area (Å²) in [5, 5.41) is 6.92. The number of sulfone groups is 1. The summed E-state index contributed by atoms with van der Waals surface area (Å²) in [6.45, 7) is 0. The van der Waals surface area contributed by atoms with Crippen molar-refractivity contribution in [3.63, 3.8) is 0 Å². The van der Waals surface area contributed by atoms with E-state index >= 15 is 0 Å². The third kappa shape index (κ3) is 2.50. The van der Waals surface area contributed by atoms with Gasteiger partial charge in [-0.3, -0.25) is 0 Å². The van der Waals surface area contributed by atoms with Crippen LogP contribution >= 0.6 is 0 Å². The number of halogens is 1. The highest BCUT2D eigenvalue weighted by atomic mass is 32.2. The van der Waals surface area contributed by atoms with Crippen molar-refractivity contribution in [1.29, 1.82) is 0 Å². The minimum atomic E-state index is -3.59. The Morgan fingerprint density at radius 3 is 2.76 bits per heavy atom. The summed E-state index contributed by atoms with van der Waals surface area (Å²) in [7, 11) is -2.05. The lowest BCUT2D eigenvalue weighted by atomic mass is 10.2. The van der Waals surface area contributed by atoms with E-state index in [0.717, 1.165) is 0 Å². The molecule has 7 heteroatoms. The smallest absolute Gasteiger partial charge is 0.249 e. The fourth-order valence-electron chi connectivity index (χ4n) is 1.46. The Bertz CT molecular complexity index is 637. The zero-order chi connectivity index (χ0) is 12.5. The lowest BCUT2D eigenvalue weighted by Gasteiger charge is -2.03. The van der Waals surface area contributed by atoms with Crippen LogP contribution in [0.5, 0.6) is 0 Å². The number of hydrogen-bond donors (Lipinski definition) is 0. The summed E-state index contributed by atoms with van der Waals surface area (Å²) in [4.78, 5) is 0. The van der Waals surface area contributed by atoms with E-state index in [1.807, 2.05) is 0 Å². The van der Waals surface area contributed by atoms with Gasteiger partial charge in [-0.25, -0.2) is 12.8 Å². The zero-order valence-corrected chi connectivity index (χ0v) is 9.85. The van der Waals surface area contributed by atoms with Crippen molar-refractivity contribution in [3.8, 4) is 0 Å².